The molecular weight excluding hydrogens is 352 g/mol. The first kappa shape index (κ1) is 16.4. The normalized spacial score (nSPS) is 10.4. The number of fused-ring (bicyclic) bond motifs is 1. The summed E-state index contributed by atoms with van der Waals surface area (Å²) in [4.78, 5) is 11.0. The Kier molecular flexibility index (Phi) is 5.13. The molecule has 0 saturated carbocycles. The highest BCUT2D eigenvalue weighted by molar-refractivity contribution is 9.10. The van der Waals surface area contributed by atoms with Gasteiger partial charge in [0.05, 0.1) is 26.7 Å². The van der Waals surface area contributed by atoms with E-state index in [9.17, 15) is 4.79 Å². The van der Waals surface area contributed by atoms with Gasteiger partial charge in [0.15, 0.2) is 0 Å². The van der Waals surface area contributed by atoms with Crippen molar-refractivity contribution in [2.24, 2.45) is 0 Å². The molecule has 0 saturated heterocycles. The molecule has 0 atom stereocenters. The van der Waals surface area contributed by atoms with E-state index in [4.69, 9.17) is 18.9 Å². The van der Waals surface area contributed by atoms with Crippen LogP contribution in [0.5, 0.6) is 17.2 Å². The van der Waals surface area contributed by atoms with Gasteiger partial charge in [0.2, 0.25) is 0 Å². The molecule has 0 aromatic heterocycles. The SMILES string of the molecule is COc1cc(OC)c2c(OC)cc(COC(C)=O)c(Br)c2c1. The second-order valence-electron chi connectivity index (χ2n) is 4.58. The van der Waals surface area contributed by atoms with Crippen LogP contribution in [-0.4, -0.2) is 27.3 Å². The summed E-state index contributed by atoms with van der Waals surface area (Å²) in [7, 11) is 4.77. The molecule has 0 aliphatic carbocycles. The van der Waals surface area contributed by atoms with Crippen LogP contribution in [0.15, 0.2) is 22.7 Å². The lowest BCUT2D eigenvalue weighted by molar-refractivity contribution is -0.142. The quantitative estimate of drug-likeness (QED) is 0.753. The van der Waals surface area contributed by atoms with Gasteiger partial charge in [-0.1, -0.05) is 0 Å². The molecular formula is C16H17BrO5. The Morgan fingerprint density at radius 1 is 1.05 bits per heavy atom. The zero-order valence-corrected chi connectivity index (χ0v) is 14.4. The Balaban J connectivity index is 2.71. The third-order valence-corrected chi connectivity index (χ3v) is 4.19. The average Bonchev–Trinajstić information content (AvgIpc) is 2.53. The first-order chi connectivity index (χ1) is 10.5. The fraction of sp³-hybridized carbons (Fsp3) is 0.312. The van der Waals surface area contributed by atoms with Crippen molar-refractivity contribution in [3.63, 3.8) is 0 Å². The van der Waals surface area contributed by atoms with Crippen LogP contribution in [0.25, 0.3) is 10.8 Å². The fourth-order valence-electron chi connectivity index (χ4n) is 2.21. The van der Waals surface area contributed by atoms with Crippen molar-refractivity contribution in [1.29, 1.82) is 0 Å². The number of esters is 1. The molecule has 118 valence electrons. The van der Waals surface area contributed by atoms with Gasteiger partial charge >= 0.3 is 5.97 Å². The van der Waals surface area contributed by atoms with E-state index in [1.807, 2.05) is 12.1 Å². The average molecular weight is 369 g/mol. The molecule has 0 fully saturated rings. The summed E-state index contributed by atoms with van der Waals surface area (Å²) >= 11 is 3.56. The molecule has 5 nitrogen and oxygen atoms in total. The first-order valence-electron chi connectivity index (χ1n) is 6.56. The van der Waals surface area contributed by atoms with Gasteiger partial charge in [0.25, 0.3) is 0 Å². The van der Waals surface area contributed by atoms with Crippen molar-refractivity contribution in [1.82, 2.24) is 0 Å². The van der Waals surface area contributed by atoms with Crippen molar-refractivity contribution >= 4 is 32.7 Å². The third kappa shape index (κ3) is 3.11. The summed E-state index contributed by atoms with van der Waals surface area (Å²) in [6.07, 6.45) is 0. The summed E-state index contributed by atoms with van der Waals surface area (Å²) in [5.41, 5.74) is 0.801. The Bertz CT molecular complexity index is 711. The third-order valence-electron chi connectivity index (χ3n) is 3.25. The van der Waals surface area contributed by atoms with Crippen molar-refractivity contribution in [3.05, 3.63) is 28.2 Å². The van der Waals surface area contributed by atoms with Gasteiger partial charge in [-0.2, -0.15) is 0 Å². The molecule has 2 aromatic rings. The molecule has 2 aromatic carbocycles. The topological polar surface area (TPSA) is 54.0 Å². The maximum atomic E-state index is 11.0. The molecule has 0 unspecified atom stereocenters. The van der Waals surface area contributed by atoms with Crippen LogP contribution in [0.4, 0.5) is 0 Å². The van der Waals surface area contributed by atoms with Gasteiger partial charge < -0.3 is 18.9 Å². The number of hydrogen-bond acceptors (Lipinski definition) is 5. The highest BCUT2D eigenvalue weighted by Gasteiger charge is 2.17. The van der Waals surface area contributed by atoms with E-state index in [0.717, 1.165) is 20.8 Å². The van der Waals surface area contributed by atoms with Crippen LogP contribution in [0.2, 0.25) is 0 Å². The Labute approximate surface area is 137 Å². The Morgan fingerprint density at radius 3 is 2.23 bits per heavy atom. The Morgan fingerprint density at radius 2 is 1.68 bits per heavy atom. The van der Waals surface area contributed by atoms with E-state index >= 15 is 0 Å². The lowest BCUT2D eigenvalue weighted by Gasteiger charge is -2.16. The number of benzene rings is 2. The van der Waals surface area contributed by atoms with Crippen molar-refractivity contribution in [2.75, 3.05) is 21.3 Å². The highest BCUT2D eigenvalue weighted by Crippen LogP contribution is 2.42. The van der Waals surface area contributed by atoms with Gasteiger partial charge in [0.1, 0.15) is 23.9 Å². The molecule has 0 radical (unpaired) electrons. The van der Waals surface area contributed by atoms with Gasteiger partial charge in [-0.3, -0.25) is 4.79 Å². The number of halogens is 1. The van der Waals surface area contributed by atoms with Crippen LogP contribution in [0.1, 0.15) is 12.5 Å². The maximum absolute atomic E-state index is 11.0. The van der Waals surface area contributed by atoms with Crippen molar-refractivity contribution in [2.45, 2.75) is 13.5 Å². The minimum absolute atomic E-state index is 0.155. The smallest absolute Gasteiger partial charge is 0.302 e. The second-order valence-corrected chi connectivity index (χ2v) is 5.38. The fourth-order valence-corrected chi connectivity index (χ4v) is 2.75. The highest BCUT2D eigenvalue weighted by atomic mass is 79.9. The summed E-state index contributed by atoms with van der Waals surface area (Å²) in [5, 5.41) is 1.68. The number of carbonyl (C=O) groups is 1. The number of rotatable bonds is 5. The van der Waals surface area contributed by atoms with Crippen molar-refractivity contribution < 1.29 is 23.7 Å². The van der Waals surface area contributed by atoms with Gasteiger partial charge in [-0.25, -0.2) is 0 Å². The summed E-state index contributed by atoms with van der Waals surface area (Å²) in [6.45, 7) is 1.53. The standard InChI is InChI=1S/C16H17BrO5/c1-9(18)22-8-10-5-13(20-3)15-12(16(10)17)6-11(19-2)7-14(15)21-4/h5-7H,8H2,1-4H3. The van der Waals surface area contributed by atoms with Crippen LogP contribution >= 0.6 is 15.9 Å². The monoisotopic (exact) mass is 368 g/mol. The lowest BCUT2D eigenvalue weighted by atomic mass is 10.0. The van der Waals surface area contributed by atoms with Crippen LogP contribution in [0.3, 0.4) is 0 Å². The molecule has 0 aliphatic rings. The minimum Gasteiger partial charge on any atom is -0.497 e. The number of ether oxygens (including phenoxy) is 4. The van der Waals surface area contributed by atoms with Gasteiger partial charge in [-0.15, -0.1) is 0 Å². The van der Waals surface area contributed by atoms with Gasteiger partial charge in [-0.05, 0) is 28.1 Å². The molecule has 0 spiro atoms. The van der Waals surface area contributed by atoms with E-state index < -0.39 is 0 Å². The molecule has 2 rings (SSSR count). The molecule has 0 amide bonds. The maximum Gasteiger partial charge on any atom is 0.302 e. The number of hydrogen-bond donors (Lipinski definition) is 0. The molecule has 22 heavy (non-hydrogen) atoms. The molecule has 0 heterocycles. The Hall–Kier alpha value is -1.95. The summed E-state index contributed by atoms with van der Waals surface area (Å²) in [5.74, 6) is 1.61. The van der Waals surface area contributed by atoms with Crippen molar-refractivity contribution in [3.8, 4) is 17.2 Å². The van der Waals surface area contributed by atoms with E-state index in [0.29, 0.717) is 17.2 Å². The van der Waals surface area contributed by atoms with Crippen LogP contribution in [-0.2, 0) is 16.1 Å². The van der Waals surface area contributed by atoms with E-state index in [-0.39, 0.29) is 12.6 Å². The number of methoxy groups -OCH3 is 3. The first-order valence-corrected chi connectivity index (χ1v) is 7.35. The predicted molar refractivity (Wildman–Crippen MR) is 86.8 cm³/mol. The van der Waals surface area contributed by atoms with Crippen LogP contribution < -0.4 is 14.2 Å². The molecule has 0 aliphatic heterocycles. The lowest BCUT2D eigenvalue weighted by Crippen LogP contribution is -2.01. The van der Waals surface area contributed by atoms with E-state index in [1.165, 1.54) is 6.92 Å². The second kappa shape index (κ2) is 6.87. The van der Waals surface area contributed by atoms with E-state index in [2.05, 4.69) is 15.9 Å². The van der Waals surface area contributed by atoms with E-state index in [1.54, 1.807) is 27.4 Å². The predicted octanol–water partition coefficient (Wildman–Crippen LogP) is 3.69. The molecule has 6 heteroatoms. The van der Waals surface area contributed by atoms with Gasteiger partial charge in [0, 0.05) is 28.4 Å². The molecule has 0 bridgehead atoms. The molecule has 0 N–H and O–H groups in total. The zero-order chi connectivity index (χ0) is 16.3. The zero-order valence-electron chi connectivity index (χ0n) is 12.9. The largest absolute Gasteiger partial charge is 0.497 e. The number of carbonyl (C=O) groups excluding carboxylic acids is 1. The summed E-state index contributed by atoms with van der Waals surface area (Å²) < 4.78 is 22.1. The summed E-state index contributed by atoms with van der Waals surface area (Å²) in [6, 6.07) is 5.50. The minimum atomic E-state index is -0.339. The van der Waals surface area contributed by atoms with Crippen LogP contribution in [0, 0.1) is 0 Å².